The topological polar surface area (TPSA) is 42.7 Å². The van der Waals surface area contributed by atoms with Crippen molar-refractivity contribution >= 4 is 0 Å². The standard InChI is InChI=1S/C14H20N4/c1-4-18-10-14(9-16-18)12(3)17-11(2)13-5-7-15-8-6-13/h5-12,17H,4H2,1-3H3. The molecular weight excluding hydrogens is 224 g/mol. The molecule has 0 radical (unpaired) electrons. The predicted octanol–water partition coefficient (Wildman–Crippen LogP) is 2.71. The number of aryl methyl sites for hydroxylation is 1. The van der Waals surface area contributed by atoms with Gasteiger partial charge in [0.2, 0.25) is 0 Å². The van der Waals surface area contributed by atoms with Crippen LogP contribution in [0.5, 0.6) is 0 Å². The summed E-state index contributed by atoms with van der Waals surface area (Å²) in [6.07, 6.45) is 7.68. The van der Waals surface area contributed by atoms with Gasteiger partial charge in [0.25, 0.3) is 0 Å². The van der Waals surface area contributed by atoms with Crippen LogP contribution in [-0.4, -0.2) is 14.8 Å². The van der Waals surface area contributed by atoms with Crippen LogP contribution >= 0.6 is 0 Å². The third-order valence-corrected chi connectivity index (χ3v) is 3.18. The number of nitrogens with one attached hydrogen (secondary N) is 1. The molecule has 0 saturated carbocycles. The molecule has 2 rings (SSSR count). The first-order valence-electron chi connectivity index (χ1n) is 6.39. The largest absolute Gasteiger partial charge is 0.304 e. The maximum atomic E-state index is 4.30. The van der Waals surface area contributed by atoms with E-state index in [-0.39, 0.29) is 6.04 Å². The fraction of sp³-hybridized carbons (Fsp3) is 0.429. The Morgan fingerprint density at radius 3 is 2.44 bits per heavy atom. The second-order valence-electron chi connectivity index (χ2n) is 4.52. The molecule has 4 nitrogen and oxygen atoms in total. The second-order valence-corrected chi connectivity index (χ2v) is 4.52. The Labute approximate surface area is 108 Å². The van der Waals surface area contributed by atoms with Crippen molar-refractivity contribution in [3.63, 3.8) is 0 Å². The first kappa shape index (κ1) is 12.8. The Morgan fingerprint density at radius 2 is 1.83 bits per heavy atom. The quantitative estimate of drug-likeness (QED) is 0.879. The molecule has 0 fully saturated rings. The van der Waals surface area contributed by atoms with Gasteiger partial charge in [0.15, 0.2) is 0 Å². The lowest BCUT2D eigenvalue weighted by atomic mass is 10.1. The van der Waals surface area contributed by atoms with Crippen molar-refractivity contribution in [2.45, 2.75) is 39.4 Å². The Bertz CT molecular complexity index is 478. The Hall–Kier alpha value is -1.68. The molecule has 2 unspecified atom stereocenters. The van der Waals surface area contributed by atoms with Crippen LogP contribution in [0.15, 0.2) is 36.9 Å². The van der Waals surface area contributed by atoms with E-state index in [2.05, 4.69) is 42.4 Å². The Morgan fingerprint density at radius 1 is 1.17 bits per heavy atom. The van der Waals surface area contributed by atoms with Crippen molar-refractivity contribution in [1.82, 2.24) is 20.1 Å². The molecule has 0 spiro atoms. The Balaban J connectivity index is 2.01. The summed E-state index contributed by atoms with van der Waals surface area (Å²) in [4.78, 5) is 4.04. The van der Waals surface area contributed by atoms with Crippen molar-refractivity contribution in [2.24, 2.45) is 0 Å². The van der Waals surface area contributed by atoms with Gasteiger partial charge >= 0.3 is 0 Å². The highest BCUT2D eigenvalue weighted by molar-refractivity contribution is 5.16. The van der Waals surface area contributed by atoms with Crippen LogP contribution in [0.25, 0.3) is 0 Å². The molecule has 2 aromatic rings. The van der Waals surface area contributed by atoms with E-state index in [9.17, 15) is 0 Å². The SMILES string of the molecule is CCn1cc(C(C)NC(C)c2ccncc2)cn1. The van der Waals surface area contributed by atoms with Crippen molar-refractivity contribution in [3.8, 4) is 0 Å². The minimum absolute atomic E-state index is 0.286. The lowest BCUT2D eigenvalue weighted by molar-refractivity contribution is 0.494. The van der Waals surface area contributed by atoms with Gasteiger partial charge in [-0.3, -0.25) is 9.67 Å². The van der Waals surface area contributed by atoms with Crippen molar-refractivity contribution in [3.05, 3.63) is 48.0 Å². The van der Waals surface area contributed by atoms with E-state index in [0.29, 0.717) is 6.04 Å². The maximum Gasteiger partial charge on any atom is 0.0537 e. The average Bonchev–Trinajstić information content (AvgIpc) is 2.88. The first-order chi connectivity index (χ1) is 8.70. The zero-order chi connectivity index (χ0) is 13.0. The van der Waals surface area contributed by atoms with Crippen LogP contribution in [-0.2, 0) is 6.54 Å². The molecule has 2 heterocycles. The third-order valence-electron chi connectivity index (χ3n) is 3.18. The van der Waals surface area contributed by atoms with Gasteiger partial charge in [0.1, 0.15) is 0 Å². The molecule has 18 heavy (non-hydrogen) atoms. The van der Waals surface area contributed by atoms with E-state index in [1.807, 2.05) is 35.4 Å². The predicted molar refractivity (Wildman–Crippen MR) is 72.1 cm³/mol. The molecule has 96 valence electrons. The monoisotopic (exact) mass is 244 g/mol. The summed E-state index contributed by atoms with van der Waals surface area (Å²) in [5, 5.41) is 7.87. The first-order valence-corrected chi connectivity index (χ1v) is 6.39. The minimum atomic E-state index is 0.286. The van der Waals surface area contributed by atoms with Crippen molar-refractivity contribution in [2.75, 3.05) is 0 Å². The fourth-order valence-corrected chi connectivity index (χ4v) is 2.00. The van der Waals surface area contributed by atoms with Crippen LogP contribution in [0.2, 0.25) is 0 Å². The molecule has 0 aliphatic carbocycles. The van der Waals surface area contributed by atoms with Gasteiger partial charge in [0, 0.05) is 42.8 Å². The van der Waals surface area contributed by atoms with Crippen molar-refractivity contribution in [1.29, 1.82) is 0 Å². The molecule has 0 aromatic carbocycles. The highest BCUT2D eigenvalue weighted by Crippen LogP contribution is 2.18. The summed E-state index contributed by atoms with van der Waals surface area (Å²) in [7, 11) is 0. The zero-order valence-electron chi connectivity index (χ0n) is 11.2. The lowest BCUT2D eigenvalue weighted by Crippen LogP contribution is -2.22. The average molecular weight is 244 g/mol. The highest BCUT2D eigenvalue weighted by atomic mass is 15.3. The number of rotatable bonds is 5. The molecular formula is C14H20N4. The summed E-state index contributed by atoms with van der Waals surface area (Å²) in [6, 6.07) is 4.67. The van der Waals surface area contributed by atoms with E-state index >= 15 is 0 Å². The number of nitrogens with zero attached hydrogens (tertiary/aromatic N) is 3. The maximum absolute atomic E-state index is 4.30. The normalized spacial score (nSPS) is 14.4. The zero-order valence-corrected chi connectivity index (χ0v) is 11.2. The van der Waals surface area contributed by atoms with E-state index in [4.69, 9.17) is 0 Å². The smallest absolute Gasteiger partial charge is 0.0537 e. The van der Waals surface area contributed by atoms with Gasteiger partial charge < -0.3 is 5.32 Å². The van der Waals surface area contributed by atoms with Gasteiger partial charge in [-0.15, -0.1) is 0 Å². The molecule has 0 amide bonds. The fourth-order valence-electron chi connectivity index (χ4n) is 2.00. The summed E-state index contributed by atoms with van der Waals surface area (Å²) < 4.78 is 1.95. The summed E-state index contributed by atoms with van der Waals surface area (Å²) in [5.41, 5.74) is 2.47. The molecule has 4 heteroatoms. The molecule has 0 aliphatic heterocycles. The molecule has 0 bridgehead atoms. The number of aromatic nitrogens is 3. The summed E-state index contributed by atoms with van der Waals surface area (Å²) in [5.74, 6) is 0. The second kappa shape index (κ2) is 5.78. The van der Waals surface area contributed by atoms with E-state index in [0.717, 1.165) is 6.54 Å². The van der Waals surface area contributed by atoms with Crippen molar-refractivity contribution < 1.29 is 0 Å². The van der Waals surface area contributed by atoms with Crippen LogP contribution < -0.4 is 5.32 Å². The van der Waals surface area contributed by atoms with Gasteiger partial charge in [-0.05, 0) is 38.5 Å². The van der Waals surface area contributed by atoms with E-state index in [1.165, 1.54) is 11.1 Å². The number of hydrogen-bond acceptors (Lipinski definition) is 3. The molecule has 0 saturated heterocycles. The lowest BCUT2D eigenvalue weighted by Gasteiger charge is -2.19. The van der Waals surface area contributed by atoms with Gasteiger partial charge in [-0.2, -0.15) is 5.10 Å². The molecule has 0 aliphatic rings. The van der Waals surface area contributed by atoms with Crippen LogP contribution in [0.4, 0.5) is 0 Å². The third kappa shape index (κ3) is 2.96. The van der Waals surface area contributed by atoms with Gasteiger partial charge in [-0.1, -0.05) is 0 Å². The number of pyridine rings is 1. The van der Waals surface area contributed by atoms with Gasteiger partial charge in [0.05, 0.1) is 6.20 Å². The van der Waals surface area contributed by atoms with Gasteiger partial charge in [-0.25, -0.2) is 0 Å². The number of hydrogen-bond donors (Lipinski definition) is 1. The molecule has 1 N–H and O–H groups in total. The highest BCUT2D eigenvalue weighted by Gasteiger charge is 2.12. The minimum Gasteiger partial charge on any atom is -0.304 e. The van der Waals surface area contributed by atoms with Crippen LogP contribution in [0.1, 0.15) is 44.0 Å². The van der Waals surface area contributed by atoms with E-state index < -0.39 is 0 Å². The summed E-state index contributed by atoms with van der Waals surface area (Å²) >= 11 is 0. The Kier molecular flexibility index (Phi) is 4.10. The van der Waals surface area contributed by atoms with E-state index in [1.54, 1.807) is 0 Å². The van der Waals surface area contributed by atoms with Crippen LogP contribution in [0.3, 0.4) is 0 Å². The molecule has 2 atom stereocenters. The van der Waals surface area contributed by atoms with Crippen LogP contribution in [0, 0.1) is 0 Å². The summed E-state index contributed by atoms with van der Waals surface area (Å²) in [6.45, 7) is 7.33. The molecule has 2 aromatic heterocycles.